The molecule has 0 aromatic heterocycles. The number of amides is 2. The van der Waals surface area contributed by atoms with Crippen molar-refractivity contribution < 1.29 is 29.0 Å². The Morgan fingerprint density at radius 1 is 0.971 bits per heavy atom. The lowest BCUT2D eigenvalue weighted by molar-refractivity contribution is -0.144. The number of rotatable bonds is 6. The zero-order chi connectivity index (χ0) is 24.4. The van der Waals surface area contributed by atoms with Crippen LogP contribution in [0.25, 0.3) is 11.1 Å². The van der Waals surface area contributed by atoms with Crippen molar-refractivity contribution >= 4 is 18.0 Å². The zero-order valence-electron chi connectivity index (χ0n) is 19.4. The molecule has 9 heteroatoms. The third kappa shape index (κ3) is 4.87. The minimum atomic E-state index is -0.878. The number of hydrogen-bond acceptors (Lipinski definition) is 6. The first-order chi connectivity index (χ1) is 17.0. The Kier molecular flexibility index (Phi) is 6.70. The van der Waals surface area contributed by atoms with Gasteiger partial charge in [0.25, 0.3) is 5.91 Å². The highest BCUT2D eigenvalue weighted by Crippen LogP contribution is 2.44. The van der Waals surface area contributed by atoms with E-state index in [4.69, 9.17) is 14.6 Å². The summed E-state index contributed by atoms with van der Waals surface area (Å²) in [4.78, 5) is 40.1. The first-order valence-corrected chi connectivity index (χ1v) is 12.0. The predicted molar refractivity (Wildman–Crippen MR) is 127 cm³/mol. The maximum atomic E-state index is 13.0. The number of nitrogens with one attached hydrogen (secondary N) is 1. The molecule has 2 atom stereocenters. The van der Waals surface area contributed by atoms with Gasteiger partial charge < -0.3 is 24.8 Å². The monoisotopic (exact) mass is 479 g/mol. The van der Waals surface area contributed by atoms with E-state index in [0.29, 0.717) is 39.2 Å². The molecule has 35 heavy (non-hydrogen) atoms. The normalized spacial score (nSPS) is 21.9. The van der Waals surface area contributed by atoms with Gasteiger partial charge in [0.05, 0.1) is 12.6 Å². The summed E-state index contributed by atoms with van der Waals surface area (Å²) in [6, 6.07) is 15.8. The number of carboxylic acid groups (broad SMARTS) is 1. The number of hydrogen-bond donors (Lipinski definition) is 2. The summed E-state index contributed by atoms with van der Waals surface area (Å²) in [5.41, 5.74) is 4.60. The first kappa shape index (κ1) is 23.3. The predicted octanol–water partition coefficient (Wildman–Crippen LogP) is 1.91. The van der Waals surface area contributed by atoms with Crippen LogP contribution in [0.5, 0.6) is 0 Å². The molecule has 1 aliphatic carbocycles. The summed E-state index contributed by atoms with van der Waals surface area (Å²) in [6.45, 7) is 2.41. The van der Waals surface area contributed by atoms with Crippen molar-refractivity contribution in [1.82, 2.24) is 15.1 Å². The Morgan fingerprint density at radius 3 is 2.23 bits per heavy atom. The fraction of sp³-hybridized carbons (Fsp3) is 0.423. The van der Waals surface area contributed by atoms with Crippen LogP contribution in [-0.2, 0) is 19.1 Å². The second-order valence-electron chi connectivity index (χ2n) is 9.15. The summed E-state index contributed by atoms with van der Waals surface area (Å²) in [5.74, 6) is -1.09. The minimum absolute atomic E-state index is 0.0338. The Hall–Kier alpha value is -3.43. The molecule has 0 spiro atoms. The largest absolute Gasteiger partial charge is 0.480 e. The fourth-order valence-electron chi connectivity index (χ4n) is 5.27. The van der Waals surface area contributed by atoms with Crippen molar-refractivity contribution in [2.24, 2.45) is 0 Å². The Bertz CT molecular complexity index is 1070. The molecule has 0 saturated carbocycles. The molecular formula is C26H29N3O6. The van der Waals surface area contributed by atoms with E-state index < -0.39 is 24.2 Å². The highest BCUT2D eigenvalue weighted by molar-refractivity contribution is 5.83. The van der Waals surface area contributed by atoms with Crippen LogP contribution in [-0.4, -0.2) is 91.0 Å². The summed E-state index contributed by atoms with van der Waals surface area (Å²) < 4.78 is 11.3. The maximum Gasteiger partial charge on any atom is 0.407 e. The molecule has 2 aromatic carbocycles. The molecule has 9 nitrogen and oxygen atoms in total. The van der Waals surface area contributed by atoms with Crippen molar-refractivity contribution in [3.05, 3.63) is 59.7 Å². The zero-order valence-corrected chi connectivity index (χ0v) is 19.4. The van der Waals surface area contributed by atoms with Crippen molar-refractivity contribution in [2.45, 2.75) is 24.5 Å². The highest BCUT2D eigenvalue weighted by Gasteiger charge is 2.39. The lowest BCUT2D eigenvalue weighted by Gasteiger charge is -2.35. The second-order valence-corrected chi connectivity index (χ2v) is 9.15. The molecule has 2 aromatic rings. The summed E-state index contributed by atoms with van der Waals surface area (Å²) >= 11 is 0. The van der Waals surface area contributed by atoms with E-state index >= 15 is 0 Å². The molecule has 2 aliphatic heterocycles. The van der Waals surface area contributed by atoms with Gasteiger partial charge in [-0.3, -0.25) is 14.5 Å². The van der Waals surface area contributed by atoms with Crippen LogP contribution in [0.2, 0.25) is 0 Å². The molecule has 0 radical (unpaired) electrons. The van der Waals surface area contributed by atoms with E-state index in [1.807, 2.05) is 24.3 Å². The number of alkyl carbamates (subject to hydrolysis) is 1. The number of carbonyl (C=O) groups excluding carboxylic acids is 2. The molecule has 2 unspecified atom stereocenters. The Balaban J connectivity index is 1.16. The molecule has 2 heterocycles. The van der Waals surface area contributed by atoms with Crippen LogP contribution in [0, 0.1) is 0 Å². The Morgan fingerprint density at radius 2 is 1.60 bits per heavy atom. The van der Waals surface area contributed by atoms with Crippen LogP contribution in [0.3, 0.4) is 0 Å². The van der Waals surface area contributed by atoms with Gasteiger partial charge in [0.2, 0.25) is 0 Å². The quantitative estimate of drug-likeness (QED) is 0.652. The van der Waals surface area contributed by atoms with Crippen LogP contribution in [0.1, 0.15) is 23.5 Å². The molecule has 2 saturated heterocycles. The van der Waals surface area contributed by atoms with Crippen LogP contribution < -0.4 is 5.32 Å². The van der Waals surface area contributed by atoms with E-state index in [1.165, 1.54) is 0 Å². The van der Waals surface area contributed by atoms with Crippen LogP contribution >= 0.6 is 0 Å². The number of carboxylic acids is 1. The van der Waals surface area contributed by atoms with E-state index in [9.17, 15) is 14.4 Å². The van der Waals surface area contributed by atoms with Gasteiger partial charge in [-0.15, -0.1) is 0 Å². The van der Waals surface area contributed by atoms with Gasteiger partial charge in [0.15, 0.2) is 6.10 Å². The standard InChI is InChI=1S/C26H29N3O6/c30-23(31)15-28-10-12-29(13-11-28)25(32)24-22(9-14-34-24)27-26(33)35-16-21-19-7-3-1-5-17(19)18-6-2-4-8-20(18)21/h1-8,21-22,24H,9-16H2,(H,27,33)(H,30,31). The van der Waals surface area contributed by atoms with Crippen LogP contribution in [0.15, 0.2) is 48.5 Å². The van der Waals surface area contributed by atoms with Gasteiger partial charge in [0.1, 0.15) is 6.61 Å². The van der Waals surface area contributed by atoms with E-state index in [1.54, 1.807) is 9.80 Å². The SMILES string of the molecule is O=C(O)CN1CCN(C(=O)C2OCCC2NC(=O)OCC2c3ccccc3-c3ccccc32)CC1. The van der Waals surface area contributed by atoms with Crippen LogP contribution in [0.4, 0.5) is 4.79 Å². The molecular weight excluding hydrogens is 450 g/mol. The average molecular weight is 480 g/mol. The smallest absolute Gasteiger partial charge is 0.407 e. The lowest BCUT2D eigenvalue weighted by atomic mass is 9.98. The molecule has 2 N–H and O–H groups in total. The second kappa shape index (κ2) is 10.1. The van der Waals surface area contributed by atoms with Gasteiger partial charge in [0, 0.05) is 38.7 Å². The number of fused-ring (bicyclic) bond motifs is 3. The topological polar surface area (TPSA) is 108 Å². The lowest BCUT2D eigenvalue weighted by Crippen LogP contribution is -2.55. The minimum Gasteiger partial charge on any atom is -0.480 e. The van der Waals surface area contributed by atoms with Gasteiger partial charge in [-0.1, -0.05) is 48.5 Å². The number of aliphatic carboxylic acids is 1. The van der Waals surface area contributed by atoms with E-state index in [2.05, 4.69) is 29.6 Å². The van der Waals surface area contributed by atoms with Gasteiger partial charge in [-0.25, -0.2) is 4.79 Å². The molecule has 0 bridgehead atoms. The summed E-state index contributed by atoms with van der Waals surface area (Å²) in [7, 11) is 0. The number of carbonyl (C=O) groups is 3. The third-order valence-electron chi connectivity index (χ3n) is 7.02. The van der Waals surface area contributed by atoms with Crippen molar-refractivity contribution in [2.75, 3.05) is 45.9 Å². The van der Waals surface area contributed by atoms with Crippen molar-refractivity contribution in [3.63, 3.8) is 0 Å². The molecule has 3 aliphatic rings. The highest BCUT2D eigenvalue weighted by atomic mass is 16.6. The molecule has 5 rings (SSSR count). The van der Waals surface area contributed by atoms with Crippen molar-refractivity contribution in [1.29, 1.82) is 0 Å². The van der Waals surface area contributed by atoms with Gasteiger partial charge in [-0.2, -0.15) is 0 Å². The average Bonchev–Trinajstić information content (AvgIpc) is 3.45. The molecule has 2 fully saturated rings. The number of ether oxygens (including phenoxy) is 2. The van der Waals surface area contributed by atoms with Crippen molar-refractivity contribution in [3.8, 4) is 11.1 Å². The summed E-state index contributed by atoms with van der Waals surface area (Å²) in [6.07, 6.45) is -0.799. The van der Waals surface area contributed by atoms with E-state index in [-0.39, 0.29) is 25.0 Å². The maximum absolute atomic E-state index is 13.0. The van der Waals surface area contributed by atoms with Gasteiger partial charge in [-0.05, 0) is 28.7 Å². The fourth-order valence-corrected chi connectivity index (χ4v) is 5.27. The number of piperazine rings is 1. The molecule has 184 valence electrons. The first-order valence-electron chi connectivity index (χ1n) is 12.0. The summed E-state index contributed by atoms with van der Waals surface area (Å²) in [5, 5.41) is 11.8. The Labute approximate surface area is 203 Å². The number of benzene rings is 2. The third-order valence-corrected chi connectivity index (χ3v) is 7.02. The molecule has 2 amide bonds. The van der Waals surface area contributed by atoms with Gasteiger partial charge >= 0.3 is 12.1 Å². The van der Waals surface area contributed by atoms with E-state index in [0.717, 1.165) is 22.3 Å². The number of nitrogens with zero attached hydrogens (tertiary/aromatic N) is 2.